The van der Waals surface area contributed by atoms with E-state index >= 15 is 0 Å². The highest BCUT2D eigenvalue weighted by Crippen LogP contribution is 2.27. The lowest BCUT2D eigenvalue weighted by molar-refractivity contribution is -0.123. The van der Waals surface area contributed by atoms with Crippen LogP contribution in [0.4, 0.5) is 4.79 Å². The van der Waals surface area contributed by atoms with Crippen LogP contribution in [0.2, 0.25) is 0 Å². The Morgan fingerprint density at radius 1 is 1.26 bits per heavy atom. The number of rotatable bonds is 6. The molecule has 1 atom stereocenters. The van der Waals surface area contributed by atoms with Gasteiger partial charge in [-0.1, -0.05) is 12.1 Å². The number of hydrogen-bond donors (Lipinski definition) is 2. The fraction of sp³-hybridized carbons (Fsp3) is 0.526. The lowest BCUT2D eigenvalue weighted by atomic mass is 10.1. The van der Waals surface area contributed by atoms with Crippen LogP contribution in [0.1, 0.15) is 44.0 Å². The first-order chi connectivity index (χ1) is 12.7. The van der Waals surface area contributed by atoms with Crippen LogP contribution in [0.5, 0.6) is 0 Å². The molecule has 0 bridgehead atoms. The highest BCUT2D eigenvalue weighted by atomic mass is 32.2. The molecule has 27 heavy (non-hydrogen) atoms. The van der Waals surface area contributed by atoms with E-state index in [4.69, 9.17) is 9.47 Å². The highest BCUT2D eigenvalue weighted by molar-refractivity contribution is 7.99. The van der Waals surface area contributed by atoms with Crippen molar-refractivity contribution in [1.29, 1.82) is 0 Å². The van der Waals surface area contributed by atoms with Crippen molar-refractivity contribution in [3.63, 3.8) is 0 Å². The maximum atomic E-state index is 12.3. The van der Waals surface area contributed by atoms with Crippen LogP contribution in [0, 0.1) is 0 Å². The van der Waals surface area contributed by atoms with E-state index in [-0.39, 0.29) is 6.10 Å². The maximum absolute atomic E-state index is 12.3. The van der Waals surface area contributed by atoms with Gasteiger partial charge >= 0.3 is 12.0 Å². The number of amides is 3. The van der Waals surface area contributed by atoms with Gasteiger partial charge in [0.2, 0.25) is 0 Å². The molecule has 1 aromatic carbocycles. The molecule has 148 valence electrons. The number of imide groups is 1. The SMILES string of the molecule is CC(C)(C)NC(=O)NC(=O)COC(=O)c1ccccc1SC[C@@H]1CCCO1. The van der Waals surface area contributed by atoms with Gasteiger partial charge in [0.15, 0.2) is 6.61 Å². The van der Waals surface area contributed by atoms with Gasteiger partial charge < -0.3 is 14.8 Å². The second kappa shape index (κ2) is 9.75. The molecule has 0 radical (unpaired) electrons. The Bertz CT molecular complexity index is 681. The zero-order valence-electron chi connectivity index (χ0n) is 15.9. The Morgan fingerprint density at radius 3 is 2.67 bits per heavy atom. The summed E-state index contributed by atoms with van der Waals surface area (Å²) >= 11 is 1.53. The van der Waals surface area contributed by atoms with Crippen molar-refractivity contribution < 1.29 is 23.9 Å². The summed E-state index contributed by atoms with van der Waals surface area (Å²) in [6.45, 7) is 5.64. The number of carbonyl (C=O) groups is 3. The third-order valence-corrected chi connectivity index (χ3v) is 4.84. The van der Waals surface area contributed by atoms with Crippen molar-refractivity contribution in [2.45, 2.75) is 50.2 Å². The maximum Gasteiger partial charge on any atom is 0.339 e. The molecule has 1 aliphatic rings. The molecule has 3 amide bonds. The van der Waals surface area contributed by atoms with E-state index in [1.54, 1.807) is 32.9 Å². The molecule has 1 heterocycles. The first-order valence-electron chi connectivity index (χ1n) is 8.87. The molecular weight excluding hydrogens is 368 g/mol. The Labute approximate surface area is 163 Å². The van der Waals surface area contributed by atoms with Crippen LogP contribution in [0.3, 0.4) is 0 Å². The molecule has 2 N–H and O–H groups in total. The average molecular weight is 394 g/mol. The van der Waals surface area contributed by atoms with Gasteiger partial charge in [0.05, 0.1) is 11.7 Å². The Balaban J connectivity index is 1.84. The monoisotopic (exact) mass is 394 g/mol. The van der Waals surface area contributed by atoms with Crippen LogP contribution in [-0.4, -0.2) is 48.5 Å². The van der Waals surface area contributed by atoms with E-state index in [1.165, 1.54) is 11.8 Å². The van der Waals surface area contributed by atoms with Crippen molar-refractivity contribution >= 4 is 29.7 Å². The summed E-state index contributed by atoms with van der Waals surface area (Å²) in [5.74, 6) is -0.524. The average Bonchev–Trinajstić information content (AvgIpc) is 3.10. The summed E-state index contributed by atoms with van der Waals surface area (Å²) in [7, 11) is 0. The Morgan fingerprint density at radius 2 is 2.00 bits per heavy atom. The van der Waals surface area contributed by atoms with Gasteiger partial charge in [0.25, 0.3) is 5.91 Å². The number of urea groups is 1. The van der Waals surface area contributed by atoms with Crippen molar-refractivity contribution in [3.8, 4) is 0 Å². The van der Waals surface area contributed by atoms with Crippen LogP contribution >= 0.6 is 11.8 Å². The van der Waals surface area contributed by atoms with Crippen molar-refractivity contribution in [1.82, 2.24) is 10.6 Å². The number of nitrogens with one attached hydrogen (secondary N) is 2. The molecule has 0 aromatic heterocycles. The summed E-state index contributed by atoms with van der Waals surface area (Å²) in [6, 6.07) is 6.45. The molecule has 8 heteroatoms. The van der Waals surface area contributed by atoms with Crippen LogP contribution in [-0.2, 0) is 14.3 Å². The van der Waals surface area contributed by atoms with Crippen molar-refractivity contribution in [2.24, 2.45) is 0 Å². The van der Waals surface area contributed by atoms with E-state index in [0.29, 0.717) is 5.56 Å². The van der Waals surface area contributed by atoms with E-state index in [0.717, 1.165) is 30.1 Å². The minimum absolute atomic E-state index is 0.200. The summed E-state index contributed by atoms with van der Waals surface area (Å²) in [6.07, 6.45) is 2.29. The predicted octanol–water partition coefficient (Wildman–Crippen LogP) is 2.74. The molecule has 1 aromatic rings. The highest BCUT2D eigenvalue weighted by Gasteiger charge is 2.20. The Kier molecular flexibility index (Phi) is 7.67. The van der Waals surface area contributed by atoms with Crippen molar-refractivity contribution in [3.05, 3.63) is 29.8 Å². The normalized spacial score (nSPS) is 16.6. The second-order valence-corrected chi connectivity index (χ2v) is 8.33. The van der Waals surface area contributed by atoms with Gasteiger partial charge in [-0.15, -0.1) is 11.8 Å². The number of benzene rings is 1. The fourth-order valence-corrected chi connectivity index (χ4v) is 3.57. The molecular formula is C19H26N2O5S. The zero-order chi connectivity index (χ0) is 19.9. The number of esters is 1. The standard InChI is InChI=1S/C19H26N2O5S/c1-19(2,3)21-18(24)20-16(22)11-26-17(23)14-8-4-5-9-15(14)27-12-13-7-6-10-25-13/h4-5,8-9,13H,6-7,10-12H2,1-3H3,(H2,20,21,22,24)/t13-/m0/s1. The Hall–Kier alpha value is -2.06. The van der Waals surface area contributed by atoms with Crippen LogP contribution in [0.15, 0.2) is 29.2 Å². The molecule has 2 rings (SSSR count). The lowest BCUT2D eigenvalue weighted by Gasteiger charge is -2.20. The van der Waals surface area contributed by atoms with E-state index in [9.17, 15) is 14.4 Å². The van der Waals surface area contributed by atoms with Crippen LogP contribution in [0.25, 0.3) is 0 Å². The number of thioether (sulfide) groups is 1. The smallest absolute Gasteiger partial charge is 0.339 e. The van der Waals surface area contributed by atoms with Gasteiger partial charge in [-0.2, -0.15) is 0 Å². The van der Waals surface area contributed by atoms with Crippen LogP contribution < -0.4 is 10.6 Å². The molecule has 1 saturated heterocycles. The predicted molar refractivity (Wildman–Crippen MR) is 103 cm³/mol. The third-order valence-electron chi connectivity index (χ3n) is 3.63. The van der Waals surface area contributed by atoms with Gasteiger partial charge in [-0.05, 0) is 45.7 Å². The minimum atomic E-state index is -0.686. The first kappa shape index (κ1) is 21.2. The zero-order valence-corrected chi connectivity index (χ0v) is 16.7. The largest absolute Gasteiger partial charge is 0.452 e. The summed E-state index contributed by atoms with van der Waals surface area (Å²) in [5, 5.41) is 4.73. The quantitative estimate of drug-likeness (QED) is 0.569. The van der Waals surface area contributed by atoms with Gasteiger partial charge in [0.1, 0.15) is 0 Å². The summed E-state index contributed by atoms with van der Waals surface area (Å²) in [5.41, 5.74) is -0.0762. The second-order valence-electron chi connectivity index (χ2n) is 7.27. The van der Waals surface area contributed by atoms with Gasteiger partial charge in [-0.3, -0.25) is 10.1 Å². The van der Waals surface area contributed by atoms with Gasteiger partial charge in [0, 0.05) is 22.8 Å². The summed E-state index contributed by atoms with van der Waals surface area (Å²) in [4.78, 5) is 36.6. The molecule has 0 spiro atoms. The van der Waals surface area contributed by atoms with Gasteiger partial charge in [-0.25, -0.2) is 9.59 Å². The topological polar surface area (TPSA) is 93.7 Å². The molecule has 7 nitrogen and oxygen atoms in total. The lowest BCUT2D eigenvalue weighted by Crippen LogP contribution is -2.49. The van der Waals surface area contributed by atoms with E-state index in [1.807, 2.05) is 12.1 Å². The number of hydrogen-bond acceptors (Lipinski definition) is 6. The third kappa shape index (κ3) is 7.60. The fourth-order valence-electron chi connectivity index (χ4n) is 2.46. The van der Waals surface area contributed by atoms with Crippen molar-refractivity contribution in [2.75, 3.05) is 19.0 Å². The first-order valence-corrected chi connectivity index (χ1v) is 9.86. The van der Waals surface area contributed by atoms with E-state index in [2.05, 4.69) is 10.6 Å². The molecule has 0 unspecified atom stereocenters. The number of ether oxygens (including phenoxy) is 2. The molecule has 1 fully saturated rings. The molecule has 1 aliphatic heterocycles. The minimum Gasteiger partial charge on any atom is -0.452 e. The number of carbonyl (C=O) groups excluding carboxylic acids is 3. The van der Waals surface area contributed by atoms with E-state index < -0.39 is 30.1 Å². The molecule has 0 saturated carbocycles. The molecule has 0 aliphatic carbocycles. The summed E-state index contributed by atoms with van der Waals surface area (Å²) < 4.78 is 10.7.